The molecular weight excluding hydrogens is 1440 g/mol. The van der Waals surface area contributed by atoms with Crippen molar-refractivity contribution in [2.24, 2.45) is 45.7 Å². The molecule has 11 N–H and O–H groups in total. The molecule has 8 atom stereocenters. The predicted molar refractivity (Wildman–Crippen MR) is 405 cm³/mol. The molecule has 4 fully saturated rings. The third-order valence-corrected chi connectivity index (χ3v) is 20.8. The number of carboxylic acid groups (broad SMARTS) is 3. The van der Waals surface area contributed by atoms with Crippen LogP contribution in [0.1, 0.15) is 88.5 Å². The number of esters is 1. The number of hydrogen-bond donors (Lipinski definition) is 10. The van der Waals surface area contributed by atoms with Crippen LogP contribution in [0.3, 0.4) is 0 Å². The molecule has 4 aliphatic carbocycles. The Morgan fingerprint density at radius 3 is 1.43 bits per heavy atom. The van der Waals surface area contributed by atoms with Crippen LogP contribution in [-0.4, -0.2) is 95.0 Å². The van der Waals surface area contributed by atoms with E-state index in [4.69, 9.17) is 61.7 Å². The Morgan fingerprint density at radius 1 is 0.441 bits per heavy atom. The zero-order chi connectivity index (χ0) is 79.2. The van der Waals surface area contributed by atoms with Gasteiger partial charge in [-0.25, -0.2) is 16.4 Å². The molecule has 4 aliphatic rings. The summed E-state index contributed by atoms with van der Waals surface area (Å²) in [6.07, 6.45) is 1.86. The number of hydroxylamine groups is 3. The summed E-state index contributed by atoms with van der Waals surface area (Å²) in [4.78, 5) is 103. The molecule has 4 amide bonds. The summed E-state index contributed by atoms with van der Waals surface area (Å²) in [5.41, 5.74) is 16.4. The Morgan fingerprint density at radius 2 is 0.901 bits per heavy atom. The average Bonchev–Trinajstić information content (AvgIpc) is 1.57. The number of para-hydroxylation sites is 1. The minimum atomic E-state index is -1.34. The van der Waals surface area contributed by atoms with Crippen molar-refractivity contribution in [1.82, 2.24) is 26.4 Å². The van der Waals surface area contributed by atoms with Crippen molar-refractivity contribution in [2.45, 2.75) is 97.6 Å². The summed E-state index contributed by atoms with van der Waals surface area (Å²) in [7, 11) is 0. The van der Waals surface area contributed by atoms with Crippen LogP contribution in [0.25, 0.3) is 21.8 Å². The van der Waals surface area contributed by atoms with Crippen molar-refractivity contribution in [3.8, 4) is 23.0 Å². The monoisotopic (exact) mass is 1530 g/mol. The number of aryl methyl sites for hydroxylation is 2. The minimum Gasteiger partial charge on any atom is -0.489 e. The molecule has 26 heteroatoms. The Kier molecular flexibility index (Phi) is 25.1. The second-order valence-corrected chi connectivity index (χ2v) is 28.5. The number of nitrogens with two attached hydrogens (primary N) is 1. The zero-order valence-corrected chi connectivity index (χ0v) is 61.6. The fraction of sp³-hybridized carbons (Fsp3) is 0.271. The van der Waals surface area contributed by atoms with E-state index >= 15 is 0 Å². The van der Waals surface area contributed by atoms with Gasteiger partial charge in [-0.05, 0) is 178 Å². The lowest BCUT2D eigenvalue weighted by molar-refractivity contribution is -0.152. The fourth-order valence-corrected chi connectivity index (χ4v) is 14.4. The van der Waals surface area contributed by atoms with Crippen molar-refractivity contribution >= 4 is 80.9 Å². The Bertz CT molecular complexity index is 5090. The first-order valence-electron chi connectivity index (χ1n) is 35.7. The third kappa shape index (κ3) is 18.9. The maximum absolute atomic E-state index is 12.5. The van der Waals surface area contributed by atoms with E-state index in [1.54, 1.807) is 65.8 Å². The highest BCUT2D eigenvalue weighted by atomic mass is 35.5. The van der Waals surface area contributed by atoms with E-state index in [1.807, 2.05) is 184 Å². The number of amides is 4. The molecule has 0 aliphatic heterocycles. The molecule has 10 aromatic rings. The third-order valence-electron chi connectivity index (χ3n) is 20.6. The standard InChI is InChI=1S/C25H25ClN2O5.C22H20N2O5.C19H20N2O4.C19H18O5/c1-3-32-24(30)25(13-21(25)23(29)28-31)12-16-4-7-19(8-5-16)33-14-17-10-15(2)27-22-11-18(26)6-9-20(17)22;1-13-9-14(17-7-2-3-8-19(17)23-13)12-29-16-6-4-5-15(10-16)22(21(26)27)11-18(22)20(25)24-28;20-18(23)19(11-16(19)17(22)21-24)10-14-7-4-8-15(9-14)25-12-13-5-2-1-3-6-13;20-17(21)16-11-19(16,18(22)23)10-14-7-4-8-15(9-14)24-12-13-5-2-1-3-6-13/h4-11,21,31H,3,12-14H2,1-2H3,(H,28,29);2-10,18,28H,11-12H2,1H3,(H,24,25)(H,26,27);1-9,16,24H,10-12H2,(H2,20,23)(H,21,22);1-9,16H,10-12H2,(H,20,21)(H,22,23)/t21-,25+;18-,22-;2*16-,19+/m1000/s1. The number of halogens is 1. The number of nitrogens with one attached hydrogen (secondary N) is 3. The van der Waals surface area contributed by atoms with Gasteiger partial charge >= 0.3 is 23.9 Å². The number of rotatable bonds is 28. The molecule has 0 radical (unpaired) electrons. The van der Waals surface area contributed by atoms with Gasteiger partial charge in [0.2, 0.25) is 23.6 Å². The Labute approximate surface area is 643 Å². The number of pyridine rings is 2. The number of hydrogen-bond acceptors (Lipinski definition) is 18. The van der Waals surface area contributed by atoms with Gasteiger partial charge in [-0.2, -0.15) is 0 Å². The number of ether oxygens (including phenoxy) is 5. The SMILES string of the molecule is CCOC(=O)[C@@]1(Cc2ccc(OCc3cc(C)nc4cc(Cl)ccc34)cc2)C[C@@H]1C(=O)NO.Cc1cc(COc2cccc([C@@]3(C(=O)O)C[C@H]3C(=O)NO)c2)c2ccccc2n1.NC(=O)[C@]1(Cc2cccc(OCc3ccccc3)c2)C[C@H]1C(=O)NO.O=C(O)[C@@H]1C[C@@]1(Cc1cccc(OCc2ccccc2)c1)C(=O)O. The molecule has 2 heterocycles. The van der Waals surface area contributed by atoms with E-state index < -0.39 is 92.8 Å². The molecular formula is C85H83ClN6O19. The number of fused-ring (bicyclic) bond motifs is 2. The molecule has 0 bridgehead atoms. The van der Waals surface area contributed by atoms with Crippen LogP contribution in [0.5, 0.6) is 23.0 Å². The molecule has 8 aromatic carbocycles. The zero-order valence-electron chi connectivity index (χ0n) is 60.8. The van der Waals surface area contributed by atoms with Crippen LogP contribution in [0.2, 0.25) is 5.02 Å². The molecule has 0 saturated heterocycles. The molecule has 111 heavy (non-hydrogen) atoms. The highest BCUT2D eigenvalue weighted by Gasteiger charge is 2.67. The highest BCUT2D eigenvalue weighted by molar-refractivity contribution is 6.31. The topological polar surface area (TPSA) is 392 Å². The van der Waals surface area contributed by atoms with Gasteiger partial charge in [0.15, 0.2) is 0 Å². The van der Waals surface area contributed by atoms with E-state index in [1.165, 1.54) is 0 Å². The Balaban J connectivity index is 0.000000148. The smallest absolute Gasteiger partial charge is 0.314 e. The summed E-state index contributed by atoms with van der Waals surface area (Å²) < 4.78 is 28.7. The van der Waals surface area contributed by atoms with E-state index in [2.05, 4.69) is 9.97 Å². The second-order valence-electron chi connectivity index (χ2n) is 28.1. The molecule has 14 rings (SSSR count). The van der Waals surface area contributed by atoms with Gasteiger partial charge < -0.3 is 44.7 Å². The van der Waals surface area contributed by atoms with Crippen LogP contribution in [0.4, 0.5) is 0 Å². The van der Waals surface area contributed by atoms with Crippen molar-refractivity contribution in [3.63, 3.8) is 0 Å². The number of aromatic nitrogens is 2. The van der Waals surface area contributed by atoms with Gasteiger partial charge in [0.25, 0.3) is 0 Å². The number of carbonyl (C=O) groups excluding carboxylic acids is 5. The van der Waals surface area contributed by atoms with E-state index in [0.29, 0.717) is 85.7 Å². The van der Waals surface area contributed by atoms with Gasteiger partial charge in [-0.15, -0.1) is 0 Å². The molecule has 574 valence electrons. The molecule has 0 spiro atoms. The Hall–Kier alpha value is -12.3. The number of primary amides is 1. The minimum absolute atomic E-state index is 0.131. The lowest BCUT2D eigenvalue weighted by Crippen LogP contribution is -2.33. The van der Waals surface area contributed by atoms with Crippen LogP contribution in [0.15, 0.2) is 212 Å². The summed E-state index contributed by atoms with van der Waals surface area (Å²) >= 11 is 6.10. The number of nitrogens with zero attached hydrogens (tertiary/aromatic N) is 2. The quantitative estimate of drug-likeness (QED) is 0.0124. The van der Waals surface area contributed by atoms with Crippen molar-refractivity contribution < 1.29 is 93.0 Å². The van der Waals surface area contributed by atoms with Crippen molar-refractivity contribution in [1.29, 1.82) is 0 Å². The first kappa shape index (κ1) is 79.7. The number of carboxylic acids is 3. The number of carbonyl (C=O) groups is 8. The van der Waals surface area contributed by atoms with Crippen LogP contribution < -0.4 is 41.1 Å². The maximum Gasteiger partial charge on any atom is 0.314 e. The number of aliphatic carboxylic acids is 3. The molecule has 2 aromatic heterocycles. The van der Waals surface area contributed by atoms with Gasteiger partial charge in [0.05, 0.1) is 57.6 Å². The molecule has 4 saturated carbocycles. The highest BCUT2D eigenvalue weighted by Crippen LogP contribution is 2.58. The first-order valence-corrected chi connectivity index (χ1v) is 36.1. The lowest BCUT2D eigenvalue weighted by atomic mass is 9.93. The maximum atomic E-state index is 12.5. The second kappa shape index (κ2) is 34.9. The van der Waals surface area contributed by atoms with Gasteiger partial charge in [-0.3, -0.25) is 63.9 Å². The van der Waals surface area contributed by atoms with E-state index in [0.717, 1.165) is 72.1 Å². The first-order chi connectivity index (χ1) is 53.4. The van der Waals surface area contributed by atoms with E-state index in [-0.39, 0.29) is 25.9 Å². The average molecular weight is 1530 g/mol. The summed E-state index contributed by atoms with van der Waals surface area (Å²) in [6.45, 7) is 7.35. The summed E-state index contributed by atoms with van der Waals surface area (Å²) in [6, 6.07) is 65.7. The van der Waals surface area contributed by atoms with Crippen LogP contribution >= 0.6 is 11.6 Å². The largest absolute Gasteiger partial charge is 0.489 e. The van der Waals surface area contributed by atoms with Gasteiger partial charge in [-0.1, -0.05) is 145 Å². The fourth-order valence-electron chi connectivity index (χ4n) is 14.3. The summed E-state index contributed by atoms with van der Waals surface area (Å²) in [5.74, 6) is -6.29. The molecule has 25 nitrogen and oxygen atoms in total. The van der Waals surface area contributed by atoms with Crippen LogP contribution in [-0.2, 0) is 94.2 Å². The van der Waals surface area contributed by atoms with Gasteiger partial charge in [0, 0.05) is 38.3 Å². The lowest BCUT2D eigenvalue weighted by Gasteiger charge is -2.16. The van der Waals surface area contributed by atoms with E-state index in [9.17, 15) is 48.6 Å². The van der Waals surface area contributed by atoms with Crippen LogP contribution in [0, 0.1) is 53.8 Å². The van der Waals surface area contributed by atoms with Crippen molar-refractivity contribution in [3.05, 3.63) is 273 Å². The molecule has 0 unspecified atom stereocenters. The van der Waals surface area contributed by atoms with Crippen molar-refractivity contribution in [2.75, 3.05) is 6.61 Å². The summed E-state index contributed by atoms with van der Waals surface area (Å²) in [5, 5.41) is 57.4. The number of benzene rings is 8. The predicted octanol–water partition coefficient (Wildman–Crippen LogP) is 12.2. The van der Waals surface area contributed by atoms with Gasteiger partial charge in [0.1, 0.15) is 54.8 Å². The normalized spacial score (nSPS) is 20.6.